The highest BCUT2D eigenvalue weighted by molar-refractivity contribution is 7.15. The zero-order valence-electron chi connectivity index (χ0n) is 10.0. The van der Waals surface area contributed by atoms with Gasteiger partial charge in [0.1, 0.15) is 12.4 Å². The van der Waals surface area contributed by atoms with E-state index in [1.54, 1.807) is 0 Å². The smallest absolute Gasteiger partial charge is 0.224 e. The number of ether oxygens (including phenoxy) is 1. The molecule has 0 atom stereocenters. The number of nitrogens with one attached hydrogen (secondary N) is 1. The second-order valence-corrected chi connectivity index (χ2v) is 5.28. The molecule has 98 valence electrons. The predicted molar refractivity (Wildman–Crippen MR) is 72.0 cm³/mol. The van der Waals surface area contributed by atoms with E-state index in [-0.39, 0.29) is 5.91 Å². The van der Waals surface area contributed by atoms with Crippen molar-refractivity contribution in [3.05, 3.63) is 28.8 Å². The summed E-state index contributed by atoms with van der Waals surface area (Å²) in [6, 6.07) is 5.63. The number of anilines is 2. The van der Waals surface area contributed by atoms with E-state index in [4.69, 9.17) is 10.5 Å². The monoisotopic (exact) mass is 276 g/mol. The number of hydrogen-bond donors (Lipinski definition) is 2. The molecule has 7 heteroatoms. The molecule has 0 spiro atoms. The van der Waals surface area contributed by atoms with Gasteiger partial charge in [-0.15, -0.1) is 10.2 Å². The highest BCUT2D eigenvalue weighted by Crippen LogP contribution is 2.27. The van der Waals surface area contributed by atoms with Gasteiger partial charge in [-0.05, 0) is 30.2 Å². The van der Waals surface area contributed by atoms with Crippen LogP contribution >= 0.6 is 11.3 Å². The zero-order chi connectivity index (χ0) is 13.2. The first-order valence-corrected chi connectivity index (χ1v) is 6.66. The van der Waals surface area contributed by atoms with Crippen molar-refractivity contribution in [3.63, 3.8) is 0 Å². The van der Waals surface area contributed by atoms with Gasteiger partial charge >= 0.3 is 0 Å². The van der Waals surface area contributed by atoms with Crippen LogP contribution < -0.4 is 15.8 Å². The van der Waals surface area contributed by atoms with Crippen molar-refractivity contribution < 1.29 is 9.53 Å². The molecule has 1 aromatic heterocycles. The third kappa shape index (κ3) is 2.65. The van der Waals surface area contributed by atoms with E-state index >= 15 is 0 Å². The Balaban J connectivity index is 1.70. The number of rotatable bonds is 3. The summed E-state index contributed by atoms with van der Waals surface area (Å²) >= 11 is 1.31. The second-order valence-electron chi connectivity index (χ2n) is 4.19. The Bertz CT molecular complexity index is 626. The van der Waals surface area contributed by atoms with Gasteiger partial charge in [-0.2, -0.15) is 0 Å². The first kappa shape index (κ1) is 11.9. The Morgan fingerprint density at radius 1 is 1.37 bits per heavy atom. The van der Waals surface area contributed by atoms with Gasteiger partial charge in [0.15, 0.2) is 5.01 Å². The van der Waals surface area contributed by atoms with Crippen LogP contribution in [0.25, 0.3) is 0 Å². The van der Waals surface area contributed by atoms with Gasteiger partial charge in [0.25, 0.3) is 0 Å². The number of nitrogens with zero attached hydrogens (tertiary/aromatic N) is 2. The highest BCUT2D eigenvalue weighted by atomic mass is 32.1. The standard InChI is InChI=1S/C12H12N4O2S/c13-12-16-15-11(19-12)6-18-8-2-3-9-7(5-8)1-4-10(17)14-9/h2-3,5H,1,4,6H2,(H2,13,16)(H,14,17). The molecule has 1 aromatic carbocycles. The summed E-state index contributed by atoms with van der Waals surface area (Å²) in [5.74, 6) is 0.814. The largest absolute Gasteiger partial charge is 0.486 e. The van der Waals surface area contributed by atoms with Crippen LogP contribution in [0.5, 0.6) is 5.75 Å². The van der Waals surface area contributed by atoms with Gasteiger partial charge in [-0.25, -0.2) is 0 Å². The number of nitrogen functional groups attached to an aromatic ring is 1. The lowest BCUT2D eigenvalue weighted by Gasteiger charge is -2.17. The number of carbonyl (C=O) groups excluding carboxylic acids is 1. The quantitative estimate of drug-likeness (QED) is 0.888. The molecular weight excluding hydrogens is 264 g/mol. The van der Waals surface area contributed by atoms with Gasteiger partial charge in [0, 0.05) is 12.1 Å². The Kier molecular flexibility index (Phi) is 3.04. The molecule has 6 nitrogen and oxygen atoms in total. The second kappa shape index (κ2) is 4.85. The fourth-order valence-corrected chi connectivity index (χ4v) is 2.44. The minimum Gasteiger partial charge on any atom is -0.486 e. The van der Waals surface area contributed by atoms with Gasteiger partial charge in [0.05, 0.1) is 0 Å². The molecule has 2 aromatic rings. The van der Waals surface area contributed by atoms with Crippen LogP contribution in [0.15, 0.2) is 18.2 Å². The molecule has 1 amide bonds. The maximum absolute atomic E-state index is 11.3. The molecule has 3 N–H and O–H groups in total. The molecule has 3 rings (SSSR count). The topological polar surface area (TPSA) is 90.1 Å². The molecular formula is C12H12N4O2S. The van der Waals surface area contributed by atoms with Crippen LogP contribution in [0.1, 0.15) is 17.0 Å². The molecule has 2 heterocycles. The number of fused-ring (bicyclic) bond motifs is 1. The first-order valence-electron chi connectivity index (χ1n) is 5.84. The summed E-state index contributed by atoms with van der Waals surface area (Å²) in [6.45, 7) is 0.347. The van der Waals surface area contributed by atoms with Crippen molar-refractivity contribution >= 4 is 28.1 Å². The lowest BCUT2D eigenvalue weighted by Crippen LogP contribution is -2.18. The fraction of sp³-hybridized carbons (Fsp3) is 0.250. The number of aryl methyl sites for hydroxylation is 1. The average molecular weight is 276 g/mol. The molecule has 0 aliphatic carbocycles. The molecule has 0 fully saturated rings. The fourth-order valence-electron chi connectivity index (χ4n) is 1.92. The Morgan fingerprint density at radius 3 is 3.05 bits per heavy atom. The van der Waals surface area contributed by atoms with Crippen LogP contribution in [0.3, 0.4) is 0 Å². The minimum absolute atomic E-state index is 0.0607. The number of carbonyl (C=O) groups is 1. The minimum atomic E-state index is 0.0607. The van der Waals surface area contributed by atoms with Gasteiger partial charge in [-0.3, -0.25) is 4.79 Å². The number of aromatic nitrogens is 2. The summed E-state index contributed by atoms with van der Waals surface area (Å²) in [5.41, 5.74) is 7.46. The molecule has 1 aliphatic rings. The summed E-state index contributed by atoms with van der Waals surface area (Å²) in [7, 11) is 0. The summed E-state index contributed by atoms with van der Waals surface area (Å²) in [6.07, 6.45) is 1.26. The van der Waals surface area contributed by atoms with Gasteiger partial charge < -0.3 is 15.8 Å². The Labute approximate surface area is 113 Å². The number of benzene rings is 1. The molecule has 0 saturated carbocycles. The molecule has 0 saturated heterocycles. The van der Waals surface area contributed by atoms with Crippen molar-refractivity contribution in [2.45, 2.75) is 19.4 Å². The average Bonchev–Trinajstić information content (AvgIpc) is 2.82. The van der Waals surface area contributed by atoms with Crippen LogP contribution in [0.2, 0.25) is 0 Å². The molecule has 0 radical (unpaired) electrons. The van der Waals surface area contributed by atoms with Crippen LogP contribution in [-0.2, 0) is 17.8 Å². The van der Waals surface area contributed by atoms with Crippen LogP contribution in [-0.4, -0.2) is 16.1 Å². The van der Waals surface area contributed by atoms with Crippen molar-refractivity contribution in [2.75, 3.05) is 11.1 Å². The van der Waals surface area contributed by atoms with Crippen molar-refractivity contribution in [1.29, 1.82) is 0 Å². The van der Waals surface area contributed by atoms with E-state index in [9.17, 15) is 4.79 Å². The van der Waals surface area contributed by atoms with E-state index in [1.807, 2.05) is 18.2 Å². The Hall–Kier alpha value is -2.15. The Morgan fingerprint density at radius 2 is 2.26 bits per heavy atom. The van der Waals surface area contributed by atoms with E-state index in [1.165, 1.54) is 11.3 Å². The van der Waals surface area contributed by atoms with Gasteiger partial charge in [0.2, 0.25) is 11.0 Å². The summed E-state index contributed by atoms with van der Waals surface area (Å²) in [4.78, 5) is 11.3. The zero-order valence-corrected chi connectivity index (χ0v) is 10.9. The molecule has 19 heavy (non-hydrogen) atoms. The van der Waals surface area contributed by atoms with Crippen molar-refractivity contribution in [1.82, 2.24) is 10.2 Å². The lowest BCUT2D eigenvalue weighted by molar-refractivity contribution is -0.116. The van der Waals surface area contributed by atoms with E-state index < -0.39 is 0 Å². The van der Waals surface area contributed by atoms with Crippen LogP contribution in [0.4, 0.5) is 10.8 Å². The van der Waals surface area contributed by atoms with Crippen LogP contribution in [0, 0.1) is 0 Å². The van der Waals surface area contributed by atoms with Crippen molar-refractivity contribution in [2.24, 2.45) is 0 Å². The van der Waals surface area contributed by atoms with Gasteiger partial charge in [-0.1, -0.05) is 11.3 Å². The number of nitrogens with two attached hydrogens (primary N) is 1. The molecule has 1 aliphatic heterocycles. The van der Waals surface area contributed by atoms with Crippen molar-refractivity contribution in [3.8, 4) is 5.75 Å². The maximum atomic E-state index is 11.3. The third-order valence-corrected chi connectivity index (χ3v) is 3.54. The van der Waals surface area contributed by atoms with E-state index in [2.05, 4.69) is 15.5 Å². The molecule has 0 unspecified atom stereocenters. The summed E-state index contributed by atoms with van der Waals surface area (Å²) < 4.78 is 5.64. The highest BCUT2D eigenvalue weighted by Gasteiger charge is 2.15. The third-order valence-electron chi connectivity index (χ3n) is 2.82. The van der Waals surface area contributed by atoms with E-state index in [0.717, 1.165) is 28.4 Å². The SMILES string of the molecule is Nc1nnc(COc2ccc3c(c2)CCC(=O)N3)s1. The maximum Gasteiger partial charge on any atom is 0.224 e. The lowest BCUT2D eigenvalue weighted by atomic mass is 10.0. The number of hydrogen-bond acceptors (Lipinski definition) is 6. The normalized spacial score (nSPS) is 13.8. The number of amides is 1. The summed E-state index contributed by atoms with van der Waals surface area (Å²) in [5, 5.41) is 11.6. The van der Waals surface area contributed by atoms with E-state index in [0.29, 0.717) is 18.2 Å². The molecule has 0 bridgehead atoms. The predicted octanol–water partition coefficient (Wildman–Crippen LogP) is 1.58. The first-order chi connectivity index (χ1) is 9.20.